The Morgan fingerprint density at radius 1 is 1.26 bits per heavy atom. The van der Waals surface area contributed by atoms with Crippen LogP contribution in [-0.4, -0.2) is 23.0 Å². The van der Waals surface area contributed by atoms with Gasteiger partial charge in [-0.1, -0.05) is 45.4 Å². The van der Waals surface area contributed by atoms with Gasteiger partial charge >= 0.3 is 5.97 Å². The molecular formula is C15H27NO3. The van der Waals surface area contributed by atoms with Crippen LogP contribution in [0, 0.1) is 11.8 Å². The van der Waals surface area contributed by atoms with Gasteiger partial charge in [0.25, 0.3) is 0 Å². The summed E-state index contributed by atoms with van der Waals surface area (Å²) in [5.41, 5.74) is 0. The SMILES string of the molecule is CCCC(CC1CCCCC1)C(=O)N[C@H](C)C(=O)O. The Labute approximate surface area is 116 Å². The molecule has 1 fully saturated rings. The second-order valence-electron chi connectivity index (χ2n) is 5.79. The van der Waals surface area contributed by atoms with Gasteiger partial charge in [-0.25, -0.2) is 0 Å². The lowest BCUT2D eigenvalue weighted by atomic mass is 9.81. The van der Waals surface area contributed by atoms with Gasteiger partial charge in [0.2, 0.25) is 5.91 Å². The van der Waals surface area contributed by atoms with Gasteiger partial charge in [0.05, 0.1) is 0 Å². The van der Waals surface area contributed by atoms with E-state index in [4.69, 9.17) is 5.11 Å². The highest BCUT2D eigenvalue weighted by Gasteiger charge is 2.25. The van der Waals surface area contributed by atoms with Gasteiger partial charge in [-0.15, -0.1) is 0 Å². The minimum Gasteiger partial charge on any atom is -0.480 e. The van der Waals surface area contributed by atoms with Crippen LogP contribution in [0.4, 0.5) is 0 Å². The Kier molecular flexibility index (Phi) is 6.89. The molecule has 1 amide bonds. The molecule has 0 heterocycles. The van der Waals surface area contributed by atoms with Crippen molar-refractivity contribution < 1.29 is 14.7 Å². The summed E-state index contributed by atoms with van der Waals surface area (Å²) in [4.78, 5) is 22.9. The topological polar surface area (TPSA) is 66.4 Å². The van der Waals surface area contributed by atoms with Crippen molar-refractivity contribution in [1.29, 1.82) is 0 Å². The number of carbonyl (C=O) groups excluding carboxylic acids is 1. The van der Waals surface area contributed by atoms with E-state index in [0.29, 0.717) is 5.92 Å². The first kappa shape index (κ1) is 16.0. The van der Waals surface area contributed by atoms with E-state index in [1.54, 1.807) is 0 Å². The molecule has 4 nitrogen and oxygen atoms in total. The molecular weight excluding hydrogens is 242 g/mol. The second-order valence-corrected chi connectivity index (χ2v) is 5.79. The highest BCUT2D eigenvalue weighted by atomic mass is 16.4. The highest BCUT2D eigenvalue weighted by Crippen LogP contribution is 2.30. The average molecular weight is 269 g/mol. The third kappa shape index (κ3) is 5.62. The molecule has 1 rings (SSSR count). The van der Waals surface area contributed by atoms with Crippen LogP contribution in [0.2, 0.25) is 0 Å². The molecule has 0 radical (unpaired) electrons. The lowest BCUT2D eigenvalue weighted by Gasteiger charge is -2.26. The smallest absolute Gasteiger partial charge is 0.325 e. The molecule has 0 aromatic rings. The van der Waals surface area contributed by atoms with E-state index >= 15 is 0 Å². The van der Waals surface area contributed by atoms with E-state index in [1.165, 1.54) is 39.0 Å². The van der Waals surface area contributed by atoms with Crippen LogP contribution in [0.3, 0.4) is 0 Å². The zero-order valence-electron chi connectivity index (χ0n) is 12.2. The van der Waals surface area contributed by atoms with Crippen molar-refractivity contribution in [2.24, 2.45) is 11.8 Å². The van der Waals surface area contributed by atoms with E-state index in [1.807, 2.05) is 0 Å². The Bertz CT molecular complexity index is 298. The summed E-state index contributed by atoms with van der Waals surface area (Å²) in [6.45, 7) is 3.59. The standard InChI is InChI=1S/C15H27NO3/c1-3-7-13(10-12-8-5-4-6-9-12)14(17)16-11(2)15(18)19/h11-13H,3-10H2,1-2H3,(H,16,17)(H,18,19)/t11-,13?/m1/s1. The summed E-state index contributed by atoms with van der Waals surface area (Å²) in [6.07, 6.45) is 9.06. The normalized spacial score (nSPS) is 19.7. The molecule has 110 valence electrons. The molecule has 0 aromatic carbocycles. The van der Waals surface area contributed by atoms with Crippen molar-refractivity contribution in [3.8, 4) is 0 Å². The molecule has 0 aliphatic heterocycles. The van der Waals surface area contributed by atoms with Crippen molar-refractivity contribution in [1.82, 2.24) is 5.32 Å². The molecule has 1 saturated carbocycles. The number of aliphatic carboxylic acids is 1. The van der Waals surface area contributed by atoms with Crippen LogP contribution in [-0.2, 0) is 9.59 Å². The molecule has 0 saturated heterocycles. The number of amides is 1. The first-order valence-electron chi connectivity index (χ1n) is 7.57. The summed E-state index contributed by atoms with van der Waals surface area (Å²) in [5, 5.41) is 11.5. The van der Waals surface area contributed by atoms with Crippen molar-refractivity contribution in [2.75, 3.05) is 0 Å². The summed E-state index contributed by atoms with van der Waals surface area (Å²) >= 11 is 0. The van der Waals surface area contributed by atoms with Crippen LogP contribution in [0.25, 0.3) is 0 Å². The largest absolute Gasteiger partial charge is 0.480 e. The van der Waals surface area contributed by atoms with E-state index < -0.39 is 12.0 Å². The number of carboxylic acid groups (broad SMARTS) is 1. The molecule has 4 heteroatoms. The quantitative estimate of drug-likeness (QED) is 0.746. The maximum Gasteiger partial charge on any atom is 0.325 e. The van der Waals surface area contributed by atoms with Crippen molar-refractivity contribution in [2.45, 2.75) is 71.3 Å². The molecule has 0 spiro atoms. The molecule has 19 heavy (non-hydrogen) atoms. The minimum absolute atomic E-state index is 0.0186. The Morgan fingerprint density at radius 3 is 2.42 bits per heavy atom. The van der Waals surface area contributed by atoms with E-state index in [0.717, 1.165) is 19.3 Å². The lowest BCUT2D eigenvalue weighted by molar-refractivity contribution is -0.142. The number of carboxylic acids is 1. The van der Waals surface area contributed by atoms with Gasteiger partial charge in [0.1, 0.15) is 6.04 Å². The van der Waals surface area contributed by atoms with Crippen LogP contribution in [0.15, 0.2) is 0 Å². The van der Waals surface area contributed by atoms with Crippen molar-refractivity contribution >= 4 is 11.9 Å². The van der Waals surface area contributed by atoms with Crippen LogP contribution in [0.5, 0.6) is 0 Å². The van der Waals surface area contributed by atoms with Gasteiger partial charge < -0.3 is 10.4 Å². The van der Waals surface area contributed by atoms with E-state index in [2.05, 4.69) is 12.2 Å². The van der Waals surface area contributed by atoms with Crippen LogP contribution in [0.1, 0.15) is 65.2 Å². The number of hydrogen-bond donors (Lipinski definition) is 2. The Balaban J connectivity index is 2.49. The predicted octanol–water partition coefficient (Wildman–Crippen LogP) is 2.96. The lowest BCUT2D eigenvalue weighted by Crippen LogP contribution is -2.42. The molecule has 2 atom stereocenters. The van der Waals surface area contributed by atoms with Gasteiger partial charge in [-0.3, -0.25) is 9.59 Å². The van der Waals surface area contributed by atoms with Gasteiger partial charge in [-0.2, -0.15) is 0 Å². The zero-order chi connectivity index (χ0) is 14.3. The maximum atomic E-state index is 12.1. The molecule has 0 aromatic heterocycles. The molecule has 0 bridgehead atoms. The number of hydrogen-bond acceptors (Lipinski definition) is 2. The fraction of sp³-hybridized carbons (Fsp3) is 0.867. The monoisotopic (exact) mass is 269 g/mol. The predicted molar refractivity (Wildman–Crippen MR) is 74.8 cm³/mol. The number of carbonyl (C=O) groups is 2. The third-order valence-corrected chi connectivity index (χ3v) is 4.08. The summed E-state index contributed by atoms with van der Waals surface area (Å²) < 4.78 is 0. The fourth-order valence-electron chi connectivity index (χ4n) is 2.92. The fourth-order valence-corrected chi connectivity index (χ4v) is 2.92. The first-order valence-corrected chi connectivity index (χ1v) is 7.57. The number of nitrogens with one attached hydrogen (secondary N) is 1. The zero-order valence-corrected chi connectivity index (χ0v) is 12.2. The van der Waals surface area contributed by atoms with Crippen molar-refractivity contribution in [3.63, 3.8) is 0 Å². The first-order chi connectivity index (χ1) is 9.04. The second kappa shape index (κ2) is 8.18. The third-order valence-electron chi connectivity index (χ3n) is 4.08. The maximum absolute atomic E-state index is 12.1. The summed E-state index contributed by atoms with van der Waals surface area (Å²) in [6, 6.07) is -0.793. The van der Waals surface area contributed by atoms with Crippen LogP contribution < -0.4 is 5.32 Å². The van der Waals surface area contributed by atoms with Gasteiger partial charge in [0.15, 0.2) is 0 Å². The van der Waals surface area contributed by atoms with Gasteiger partial charge in [0, 0.05) is 5.92 Å². The molecule has 2 N–H and O–H groups in total. The summed E-state index contributed by atoms with van der Waals surface area (Å²) in [7, 11) is 0. The van der Waals surface area contributed by atoms with E-state index in [-0.39, 0.29) is 11.8 Å². The summed E-state index contributed by atoms with van der Waals surface area (Å²) in [5.74, 6) is -0.422. The average Bonchev–Trinajstić information content (AvgIpc) is 2.39. The number of rotatable bonds is 7. The molecule has 1 aliphatic carbocycles. The van der Waals surface area contributed by atoms with Crippen molar-refractivity contribution in [3.05, 3.63) is 0 Å². The van der Waals surface area contributed by atoms with Crippen LogP contribution >= 0.6 is 0 Å². The minimum atomic E-state index is -0.971. The Hall–Kier alpha value is -1.06. The molecule has 1 aliphatic rings. The molecule has 1 unspecified atom stereocenters. The van der Waals surface area contributed by atoms with E-state index in [9.17, 15) is 9.59 Å². The Morgan fingerprint density at radius 2 is 1.89 bits per heavy atom. The highest BCUT2D eigenvalue weighted by molar-refractivity contribution is 5.84. The van der Waals surface area contributed by atoms with Gasteiger partial charge in [-0.05, 0) is 25.7 Å².